The van der Waals surface area contributed by atoms with Gasteiger partial charge in [-0.15, -0.1) is 0 Å². The fourth-order valence-electron chi connectivity index (χ4n) is 2.63. The molecule has 3 aromatic rings. The minimum Gasteiger partial charge on any atom is -0.352 e. The van der Waals surface area contributed by atoms with Gasteiger partial charge in [0, 0.05) is 17.8 Å². The number of carbonyl (C=O) groups is 1. The first-order chi connectivity index (χ1) is 11.1. The Bertz CT molecular complexity index is 870. The van der Waals surface area contributed by atoms with Gasteiger partial charge in [-0.05, 0) is 37.1 Å². The van der Waals surface area contributed by atoms with E-state index in [4.69, 9.17) is 11.6 Å². The average Bonchev–Trinajstić information content (AvgIpc) is 2.84. The maximum absolute atomic E-state index is 12.3. The summed E-state index contributed by atoms with van der Waals surface area (Å²) in [6.07, 6.45) is 2.24. The summed E-state index contributed by atoms with van der Waals surface area (Å²) in [6, 6.07) is 11.5. The molecule has 0 fully saturated rings. The number of aryl methyl sites for hydroxylation is 2. The van der Waals surface area contributed by atoms with Crippen molar-refractivity contribution in [1.29, 1.82) is 0 Å². The lowest BCUT2D eigenvalue weighted by Crippen LogP contribution is -2.25. The zero-order valence-electron chi connectivity index (χ0n) is 13.1. The van der Waals surface area contributed by atoms with Crippen LogP contribution in [0.1, 0.15) is 22.5 Å². The average molecular weight is 328 g/mol. The van der Waals surface area contributed by atoms with E-state index in [1.165, 1.54) is 0 Å². The molecule has 0 radical (unpaired) electrons. The summed E-state index contributed by atoms with van der Waals surface area (Å²) in [4.78, 5) is 16.8. The molecule has 0 bridgehead atoms. The molecule has 0 saturated carbocycles. The monoisotopic (exact) mass is 327 g/mol. The molecule has 0 saturated heterocycles. The molecule has 5 heteroatoms. The van der Waals surface area contributed by atoms with Crippen LogP contribution in [0.3, 0.4) is 0 Å². The second kappa shape index (κ2) is 6.42. The Hall–Kier alpha value is -2.33. The zero-order chi connectivity index (χ0) is 16.4. The second-order valence-electron chi connectivity index (χ2n) is 5.57. The first-order valence-corrected chi connectivity index (χ1v) is 7.87. The smallest absolute Gasteiger partial charge is 0.226 e. The lowest BCUT2D eigenvalue weighted by Gasteiger charge is -2.08. The third kappa shape index (κ3) is 3.22. The predicted molar refractivity (Wildman–Crippen MR) is 91.7 cm³/mol. The van der Waals surface area contributed by atoms with Gasteiger partial charge in [0.05, 0.1) is 17.8 Å². The highest BCUT2D eigenvalue weighted by Gasteiger charge is 2.13. The highest BCUT2D eigenvalue weighted by molar-refractivity contribution is 6.31. The summed E-state index contributed by atoms with van der Waals surface area (Å²) < 4.78 is 1.99. The summed E-state index contributed by atoms with van der Waals surface area (Å²) >= 11 is 6.11. The number of halogens is 1. The molecule has 0 aliphatic rings. The van der Waals surface area contributed by atoms with Crippen molar-refractivity contribution in [3.8, 4) is 0 Å². The van der Waals surface area contributed by atoms with Gasteiger partial charge in [0.25, 0.3) is 0 Å². The van der Waals surface area contributed by atoms with Gasteiger partial charge >= 0.3 is 0 Å². The predicted octanol–water partition coefficient (Wildman–Crippen LogP) is 3.46. The number of hydrogen-bond donors (Lipinski definition) is 1. The molecule has 2 heterocycles. The fourth-order valence-corrected chi connectivity index (χ4v) is 2.83. The van der Waals surface area contributed by atoms with E-state index in [2.05, 4.69) is 10.3 Å². The van der Waals surface area contributed by atoms with Gasteiger partial charge in [-0.3, -0.25) is 4.79 Å². The summed E-state index contributed by atoms with van der Waals surface area (Å²) in [5, 5.41) is 3.58. The van der Waals surface area contributed by atoms with Crippen molar-refractivity contribution in [3.05, 3.63) is 70.1 Å². The SMILES string of the molecule is Cc1nc2c(C)cccn2c1CC(=O)NCc1ccccc1Cl. The number of benzene rings is 1. The van der Waals surface area contributed by atoms with Crippen LogP contribution in [0, 0.1) is 13.8 Å². The van der Waals surface area contributed by atoms with Crippen molar-refractivity contribution in [1.82, 2.24) is 14.7 Å². The number of carbonyl (C=O) groups excluding carboxylic acids is 1. The van der Waals surface area contributed by atoms with Gasteiger partial charge in [-0.2, -0.15) is 0 Å². The van der Waals surface area contributed by atoms with E-state index in [1.807, 2.05) is 60.8 Å². The Balaban J connectivity index is 1.75. The molecular weight excluding hydrogens is 310 g/mol. The Morgan fingerprint density at radius 1 is 1.22 bits per heavy atom. The molecule has 0 aliphatic heterocycles. The maximum atomic E-state index is 12.3. The van der Waals surface area contributed by atoms with Crippen LogP contribution in [0.15, 0.2) is 42.6 Å². The molecule has 0 spiro atoms. The number of fused-ring (bicyclic) bond motifs is 1. The number of pyridine rings is 1. The van der Waals surface area contributed by atoms with Crippen molar-refractivity contribution in [3.63, 3.8) is 0 Å². The van der Waals surface area contributed by atoms with Gasteiger partial charge in [0.1, 0.15) is 5.65 Å². The number of rotatable bonds is 4. The highest BCUT2D eigenvalue weighted by Crippen LogP contribution is 2.17. The minimum atomic E-state index is -0.0451. The van der Waals surface area contributed by atoms with Crippen molar-refractivity contribution in [2.75, 3.05) is 0 Å². The van der Waals surface area contributed by atoms with Crippen LogP contribution in [-0.4, -0.2) is 15.3 Å². The van der Waals surface area contributed by atoms with Crippen LogP contribution in [0.4, 0.5) is 0 Å². The van der Waals surface area contributed by atoms with Gasteiger partial charge in [0.2, 0.25) is 5.91 Å². The third-order valence-corrected chi connectivity index (χ3v) is 4.27. The first kappa shape index (κ1) is 15.6. The minimum absolute atomic E-state index is 0.0451. The topological polar surface area (TPSA) is 46.4 Å². The van der Waals surface area contributed by atoms with Crippen LogP contribution in [0.2, 0.25) is 5.02 Å². The van der Waals surface area contributed by atoms with Crippen LogP contribution in [0.5, 0.6) is 0 Å². The molecule has 2 aromatic heterocycles. The number of nitrogens with zero attached hydrogens (tertiary/aromatic N) is 2. The van der Waals surface area contributed by atoms with Gasteiger partial charge < -0.3 is 9.72 Å². The third-order valence-electron chi connectivity index (χ3n) is 3.91. The Kier molecular flexibility index (Phi) is 4.35. The normalized spacial score (nSPS) is 10.9. The lowest BCUT2D eigenvalue weighted by atomic mass is 10.2. The molecule has 1 aromatic carbocycles. The van der Waals surface area contributed by atoms with Crippen LogP contribution < -0.4 is 5.32 Å². The van der Waals surface area contributed by atoms with E-state index in [9.17, 15) is 4.79 Å². The summed E-state index contributed by atoms with van der Waals surface area (Å²) in [5.41, 5.74) is 4.71. The van der Waals surface area contributed by atoms with E-state index < -0.39 is 0 Å². The second-order valence-corrected chi connectivity index (χ2v) is 5.98. The number of amides is 1. The molecular formula is C18H18ClN3O. The van der Waals surface area contributed by atoms with Crippen molar-refractivity contribution >= 4 is 23.2 Å². The van der Waals surface area contributed by atoms with Gasteiger partial charge in [-0.25, -0.2) is 4.98 Å². The Morgan fingerprint density at radius 2 is 2.00 bits per heavy atom. The molecule has 0 aliphatic carbocycles. The molecule has 3 rings (SSSR count). The Morgan fingerprint density at radius 3 is 2.78 bits per heavy atom. The lowest BCUT2D eigenvalue weighted by molar-refractivity contribution is -0.120. The summed E-state index contributed by atoms with van der Waals surface area (Å²) in [7, 11) is 0. The highest BCUT2D eigenvalue weighted by atomic mass is 35.5. The summed E-state index contributed by atoms with van der Waals surface area (Å²) in [6.45, 7) is 4.37. The number of hydrogen-bond acceptors (Lipinski definition) is 2. The molecule has 0 atom stereocenters. The number of nitrogens with one attached hydrogen (secondary N) is 1. The number of aromatic nitrogens is 2. The standard InChI is InChI=1S/C18H18ClN3O/c1-12-6-5-9-22-16(13(2)21-18(12)22)10-17(23)20-11-14-7-3-4-8-15(14)19/h3-9H,10-11H2,1-2H3,(H,20,23). The van der Waals surface area contributed by atoms with E-state index in [0.29, 0.717) is 18.0 Å². The van der Waals surface area contributed by atoms with E-state index in [1.54, 1.807) is 0 Å². The Labute approximate surface area is 140 Å². The fraction of sp³-hybridized carbons (Fsp3) is 0.222. The molecule has 0 unspecified atom stereocenters. The van der Waals surface area contributed by atoms with Crippen LogP contribution >= 0.6 is 11.6 Å². The van der Waals surface area contributed by atoms with E-state index >= 15 is 0 Å². The van der Waals surface area contributed by atoms with Gasteiger partial charge in [-0.1, -0.05) is 35.9 Å². The molecule has 118 valence electrons. The summed E-state index contributed by atoms with van der Waals surface area (Å²) in [5.74, 6) is -0.0451. The van der Waals surface area contributed by atoms with Crippen LogP contribution in [0.25, 0.3) is 5.65 Å². The van der Waals surface area contributed by atoms with E-state index in [-0.39, 0.29) is 5.91 Å². The quantitative estimate of drug-likeness (QED) is 0.797. The van der Waals surface area contributed by atoms with Crippen molar-refractivity contribution in [2.24, 2.45) is 0 Å². The van der Waals surface area contributed by atoms with Crippen LogP contribution in [-0.2, 0) is 17.8 Å². The largest absolute Gasteiger partial charge is 0.352 e. The van der Waals surface area contributed by atoms with Crippen molar-refractivity contribution < 1.29 is 4.79 Å². The zero-order valence-corrected chi connectivity index (χ0v) is 13.9. The molecule has 1 N–H and O–H groups in total. The van der Waals surface area contributed by atoms with Gasteiger partial charge in [0.15, 0.2) is 0 Å². The van der Waals surface area contributed by atoms with E-state index in [0.717, 1.165) is 28.2 Å². The maximum Gasteiger partial charge on any atom is 0.226 e. The van der Waals surface area contributed by atoms with Crippen molar-refractivity contribution in [2.45, 2.75) is 26.8 Å². The first-order valence-electron chi connectivity index (χ1n) is 7.49. The molecule has 4 nitrogen and oxygen atoms in total. The number of imidazole rings is 1. The molecule has 23 heavy (non-hydrogen) atoms. The molecule has 1 amide bonds.